The molecule has 0 aliphatic rings. The lowest BCUT2D eigenvalue weighted by Gasteiger charge is -2.11. The normalized spacial score (nSPS) is 10.9. The van der Waals surface area contributed by atoms with Crippen LogP contribution in [0.5, 0.6) is 0 Å². The van der Waals surface area contributed by atoms with Crippen LogP contribution in [0.25, 0.3) is 16.5 Å². The van der Waals surface area contributed by atoms with E-state index < -0.39 is 11.1 Å². The molecule has 1 aromatic heterocycles. The second kappa shape index (κ2) is 6.24. The van der Waals surface area contributed by atoms with E-state index >= 15 is 0 Å². The monoisotopic (exact) mass is 328 g/mol. The Morgan fingerprint density at radius 3 is 2.24 bits per heavy atom. The van der Waals surface area contributed by atoms with Gasteiger partial charge >= 0.3 is 11.1 Å². The molecule has 0 radical (unpaired) electrons. The van der Waals surface area contributed by atoms with Crippen molar-refractivity contribution >= 4 is 10.8 Å². The van der Waals surface area contributed by atoms with Gasteiger partial charge in [0.2, 0.25) is 0 Å². The molecule has 0 N–H and O–H groups in total. The van der Waals surface area contributed by atoms with Crippen LogP contribution >= 0.6 is 0 Å². The van der Waals surface area contributed by atoms with Gasteiger partial charge in [0.05, 0.1) is 12.2 Å². The molecule has 0 bridgehead atoms. The third-order valence-electron chi connectivity index (χ3n) is 4.28. The molecule has 0 saturated heterocycles. The fourth-order valence-electron chi connectivity index (χ4n) is 3.02. The van der Waals surface area contributed by atoms with Gasteiger partial charge in [-0.1, -0.05) is 66.7 Å². The maximum absolute atomic E-state index is 12.7. The first kappa shape index (κ1) is 15.1. The summed E-state index contributed by atoms with van der Waals surface area (Å²) in [4.78, 5) is 25.2. The Labute approximate surface area is 144 Å². The minimum Gasteiger partial charge on any atom is -0.305 e. The molecule has 4 rings (SSSR count). The summed E-state index contributed by atoms with van der Waals surface area (Å²) < 4.78 is 2.87. The van der Waals surface area contributed by atoms with Crippen molar-refractivity contribution in [1.82, 2.24) is 9.13 Å². The van der Waals surface area contributed by atoms with E-state index in [4.69, 9.17) is 0 Å². The molecule has 0 atom stereocenters. The minimum absolute atomic E-state index is 0.380. The van der Waals surface area contributed by atoms with Crippen LogP contribution in [0, 0.1) is 0 Å². The predicted molar refractivity (Wildman–Crippen MR) is 99.3 cm³/mol. The summed E-state index contributed by atoms with van der Waals surface area (Å²) in [5, 5.41) is 1.97. The zero-order chi connectivity index (χ0) is 17.2. The van der Waals surface area contributed by atoms with Crippen LogP contribution in [0.1, 0.15) is 5.56 Å². The Balaban J connectivity index is 1.83. The highest BCUT2D eigenvalue weighted by molar-refractivity contribution is 5.90. The standard InChI is InChI=1S/C21H16N2O2/c24-20-21(25)23(14-13-22(20)15-16-7-2-1-3-8-16)19-12-6-10-17-9-4-5-11-18(17)19/h1-14H,15H2. The highest BCUT2D eigenvalue weighted by atomic mass is 16.2. The van der Waals surface area contributed by atoms with Crippen LogP contribution in [0.15, 0.2) is 94.8 Å². The molecule has 25 heavy (non-hydrogen) atoms. The summed E-state index contributed by atoms with van der Waals surface area (Å²) >= 11 is 0. The molecule has 0 aliphatic carbocycles. The topological polar surface area (TPSA) is 44.0 Å². The van der Waals surface area contributed by atoms with Gasteiger partial charge in [-0.05, 0) is 17.0 Å². The van der Waals surface area contributed by atoms with Crippen molar-refractivity contribution in [3.8, 4) is 5.69 Å². The zero-order valence-corrected chi connectivity index (χ0v) is 13.5. The first-order chi connectivity index (χ1) is 12.2. The van der Waals surface area contributed by atoms with Gasteiger partial charge < -0.3 is 4.57 Å². The summed E-state index contributed by atoms with van der Waals surface area (Å²) in [5.74, 6) is 0. The first-order valence-corrected chi connectivity index (χ1v) is 8.08. The maximum atomic E-state index is 12.7. The van der Waals surface area contributed by atoms with Crippen molar-refractivity contribution in [2.75, 3.05) is 0 Å². The molecule has 4 heteroatoms. The highest BCUT2D eigenvalue weighted by Crippen LogP contribution is 2.20. The van der Waals surface area contributed by atoms with Crippen LogP contribution in [0.3, 0.4) is 0 Å². The zero-order valence-electron chi connectivity index (χ0n) is 13.5. The van der Waals surface area contributed by atoms with Crippen molar-refractivity contribution in [3.05, 3.63) is 111 Å². The average Bonchev–Trinajstić information content (AvgIpc) is 2.66. The van der Waals surface area contributed by atoms with Gasteiger partial charge in [-0.15, -0.1) is 0 Å². The van der Waals surface area contributed by atoms with E-state index in [-0.39, 0.29) is 0 Å². The third kappa shape index (κ3) is 2.78. The molecular weight excluding hydrogens is 312 g/mol. The molecule has 0 spiro atoms. The Kier molecular flexibility index (Phi) is 3.78. The Bertz CT molecular complexity index is 1150. The number of nitrogens with zero attached hydrogens (tertiary/aromatic N) is 2. The largest absolute Gasteiger partial charge is 0.321 e. The summed E-state index contributed by atoms with van der Waals surface area (Å²) in [6.45, 7) is 0.380. The van der Waals surface area contributed by atoms with Crippen LogP contribution in [0.2, 0.25) is 0 Å². The Hall–Kier alpha value is -3.40. The molecule has 122 valence electrons. The molecule has 4 aromatic rings. The van der Waals surface area contributed by atoms with Crippen molar-refractivity contribution in [1.29, 1.82) is 0 Å². The lowest BCUT2D eigenvalue weighted by Crippen LogP contribution is -2.40. The number of benzene rings is 3. The number of hydrogen-bond acceptors (Lipinski definition) is 2. The molecule has 0 amide bonds. The van der Waals surface area contributed by atoms with Crippen LogP contribution < -0.4 is 11.1 Å². The summed E-state index contributed by atoms with van der Waals surface area (Å²) in [5.41, 5.74) is 0.619. The lowest BCUT2D eigenvalue weighted by atomic mass is 10.1. The molecule has 1 heterocycles. The van der Waals surface area contributed by atoms with E-state index in [0.29, 0.717) is 12.2 Å². The average molecular weight is 328 g/mol. The molecule has 0 saturated carbocycles. The van der Waals surface area contributed by atoms with E-state index in [2.05, 4.69) is 0 Å². The van der Waals surface area contributed by atoms with Gasteiger partial charge in [0.25, 0.3) is 0 Å². The summed E-state index contributed by atoms with van der Waals surface area (Å²) in [6.07, 6.45) is 3.33. The second-order valence-corrected chi connectivity index (χ2v) is 5.89. The molecule has 4 nitrogen and oxygen atoms in total. The van der Waals surface area contributed by atoms with E-state index in [1.165, 1.54) is 9.13 Å². The number of aromatic nitrogens is 2. The smallest absolute Gasteiger partial charge is 0.305 e. The Morgan fingerprint density at radius 2 is 1.40 bits per heavy atom. The maximum Gasteiger partial charge on any atom is 0.321 e. The molecule has 3 aromatic carbocycles. The van der Waals surface area contributed by atoms with Gasteiger partial charge in [0, 0.05) is 17.8 Å². The summed E-state index contributed by atoms with van der Waals surface area (Å²) in [6, 6.07) is 23.2. The minimum atomic E-state index is -0.546. The fraction of sp³-hybridized carbons (Fsp3) is 0.0476. The fourth-order valence-corrected chi connectivity index (χ4v) is 3.02. The molecule has 0 aliphatic heterocycles. The van der Waals surface area contributed by atoms with Gasteiger partial charge in [0.15, 0.2) is 0 Å². The summed E-state index contributed by atoms with van der Waals surface area (Å²) in [7, 11) is 0. The first-order valence-electron chi connectivity index (χ1n) is 8.08. The van der Waals surface area contributed by atoms with Crippen LogP contribution in [-0.2, 0) is 6.54 Å². The second-order valence-electron chi connectivity index (χ2n) is 5.89. The highest BCUT2D eigenvalue weighted by Gasteiger charge is 2.09. The van der Waals surface area contributed by atoms with Gasteiger partial charge in [-0.3, -0.25) is 14.2 Å². The van der Waals surface area contributed by atoms with Crippen LogP contribution in [-0.4, -0.2) is 9.13 Å². The predicted octanol–water partition coefficient (Wildman–Crippen LogP) is 3.20. The molecule has 0 unspecified atom stereocenters. The van der Waals surface area contributed by atoms with Crippen molar-refractivity contribution in [2.24, 2.45) is 0 Å². The van der Waals surface area contributed by atoms with Gasteiger partial charge in [0.1, 0.15) is 0 Å². The van der Waals surface area contributed by atoms with Crippen molar-refractivity contribution in [2.45, 2.75) is 6.54 Å². The lowest BCUT2D eigenvalue weighted by molar-refractivity contribution is 0.719. The van der Waals surface area contributed by atoms with Crippen LogP contribution in [0.4, 0.5) is 0 Å². The van der Waals surface area contributed by atoms with Crippen molar-refractivity contribution < 1.29 is 0 Å². The van der Waals surface area contributed by atoms with E-state index in [9.17, 15) is 9.59 Å². The van der Waals surface area contributed by atoms with Crippen molar-refractivity contribution in [3.63, 3.8) is 0 Å². The third-order valence-corrected chi connectivity index (χ3v) is 4.28. The SMILES string of the molecule is O=c1c(=O)n(-c2cccc3ccccc23)ccn1Cc1ccccc1. The van der Waals surface area contributed by atoms with E-state index in [1.54, 1.807) is 12.4 Å². The molecule has 0 fully saturated rings. The number of hydrogen-bond donors (Lipinski definition) is 0. The van der Waals surface area contributed by atoms with E-state index in [1.807, 2.05) is 72.8 Å². The number of rotatable bonds is 3. The van der Waals surface area contributed by atoms with Gasteiger partial charge in [-0.2, -0.15) is 0 Å². The Morgan fingerprint density at radius 1 is 0.680 bits per heavy atom. The van der Waals surface area contributed by atoms with Gasteiger partial charge in [-0.25, -0.2) is 0 Å². The quantitative estimate of drug-likeness (QED) is 0.542. The molecular formula is C21H16N2O2. The number of fused-ring (bicyclic) bond motifs is 1. The van der Waals surface area contributed by atoms with E-state index in [0.717, 1.165) is 16.3 Å².